The fraction of sp³-hybridized carbons (Fsp3) is 0.400. The predicted molar refractivity (Wildman–Crippen MR) is 55.9 cm³/mol. The molecule has 3 heterocycles. The lowest BCUT2D eigenvalue weighted by Gasteiger charge is -2.21. The molecule has 0 radical (unpaired) electrons. The van der Waals surface area contributed by atoms with Crippen LogP contribution in [0.2, 0.25) is 0 Å². The number of aromatic nitrogens is 4. The van der Waals surface area contributed by atoms with Crippen LogP contribution in [0.25, 0.3) is 0 Å². The Labute approximate surface area is 96.8 Å². The fourth-order valence-electron chi connectivity index (χ4n) is 2.14. The smallest absolute Gasteiger partial charge is 0.257 e. The Balaban J connectivity index is 1.85. The molecule has 0 aromatic carbocycles. The van der Waals surface area contributed by atoms with E-state index < -0.39 is 0 Å². The Morgan fingerprint density at radius 1 is 1.59 bits per heavy atom. The quantitative estimate of drug-likeness (QED) is 0.827. The van der Waals surface area contributed by atoms with E-state index >= 15 is 0 Å². The van der Waals surface area contributed by atoms with Crippen LogP contribution in [0.4, 0.5) is 0 Å². The van der Waals surface area contributed by atoms with E-state index in [0.29, 0.717) is 17.9 Å². The van der Waals surface area contributed by atoms with E-state index in [1.54, 1.807) is 11.0 Å². The normalized spacial score (nSPS) is 19.8. The molecule has 2 aromatic heterocycles. The van der Waals surface area contributed by atoms with Crippen molar-refractivity contribution in [2.75, 3.05) is 6.54 Å². The van der Waals surface area contributed by atoms with Crippen molar-refractivity contribution in [3.63, 3.8) is 0 Å². The molecule has 7 nitrogen and oxygen atoms in total. The Hall–Kier alpha value is -2.18. The number of carbonyl (C=O) groups excluding carboxylic acids is 1. The van der Waals surface area contributed by atoms with Crippen LogP contribution in [0.5, 0.6) is 0 Å². The van der Waals surface area contributed by atoms with E-state index in [1.807, 2.05) is 0 Å². The molecule has 1 atom stereocenters. The second kappa shape index (κ2) is 4.00. The van der Waals surface area contributed by atoms with Gasteiger partial charge in [-0.05, 0) is 18.9 Å². The van der Waals surface area contributed by atoms with E-state index in [0.717, 1.165) is 12.8 Å². The molecule has 7 heteroatoms. The first kappa shape index (κ1) is 10.0. The van der Waals surface area contributed by atoms with Gasteiger partial charge < -0.3 is 9.32 Å². The van der Waals surface area contributed by atoms with Crippen molar-refractivity contribution >= 4 is 5.91 Å². The Kier molecular flexibility index (Phi) is 2.36. The second-order valence-electron chi connectivity index (χ2n) is 3.94. The molecule has 1 unspecified atom stereocenters. The first-order chi connectivity index (χ1) is 8.36. The van der Waals surface area contributed by atoms with Crippen molar-refractivity contribution in [1.82, 2.24) is 25.5 Å². The molecular weight excluding hydrogens is 222 g/mol. The molecule has 3 rings (SSSR count). The van der Waals surface area contributed by atoms with Crippen LogP contribution >= 0.6 is 0 Å². The van der Waals surface area contributed by atoms with Crippen molar-refractivity contribution in [3.8, 4) is 0 Å². The number of furan rings is 1. The zero-order chi connectivity index (χ0) is 11.7. The van der Waals surface area contributed by atoms with Crippen molar-refractivity contribution in [3.05, 3.63) is 30.0 Å². The molecule has 1 aliphatic heterocycles. The topological polar surface area (TPSA) is 87.9 Å². The van der Waals surface area contributed by atoms with Crippen molar-refractivity contribution in [2.45, 2.75) is 18.9 Å². The standard InChI is InChI=1S/C10H11N5O2/c16-10(7-3-5-17-6-7)15-4-1-2-8(15)9-11-13-14-12-9/h3,5-6,8H,1-2,4H2,(H,11,12,13,14). The van der Waals surface area contributed by atoms with Gasteiger partial charge in [-0.15, -0.1) is 10.2 Å². The van der Waals surface area contributed by atoms with Gasteiger partial charge in [-0.25, -0.2) is 0 Å². The first-order valence-electron chi connectivity index (χ1n) is 5.43. The summed E-state index contributed by atoms with van der Waals surface area (Å²) in [5.41, 5.74) is 0.556. The van der Waals surface area contributed by atoms with Crippen molar-refractivity contribution < 1.29 is 9.21 Å². The van der Waals surface area contributed by atoms with Crippen molar-refractivity contribution in [1.29, 1.82) is 0 Å². The lowest BCUT2D eigenvalue weighted by molar-refractivity contribution is 0.0729. The minimum absolute atomic E-state index is 0.0500. The van der Waals surface area contributed by atoms with Gasteiger partial charge in [-0.1, -0.05) is 5.21 Å². The maximum absolute atomic E-state index is 12.2. The molecule has 2 aromatic rings. The van der Waals surface area contributed by atoms with E-state index in [4.69, 9.17) is 4.42 Å². The second-order valence-corrected chi connectivity index (χ2v) is 3.94. The molecule has 0 bridgehead atoms. The zero-order valence-electron chi connectivity index (χ0n) is 9.04. The van der Waals surface area contributed by atoms with Crippen LogP contribution in [0.1, 0.15) is 35.1 Å². The third-order valence-electron chi connectivity index (χ3n) is 2.94. The summed E-state index contributed by atoms with van der Waals surface area (Å²) < 4.78 is 4.92. The van der Waals surface area contributed by atoms with Gasteiger partial charge in [0.2, 0.25) is 0 Å². The van der Waals surface area contributed by atoms with Crippen LogP contribution in [0.15, 0.2) is 23.0 Å². The lowest BCUT2D eigenvalue weighted by atomic mass is 10.2. The Bertz CT molecular complexity index is 493. The highest BCUT2D eigenvalue weighted by Gasteiger charge is 2.33. The summed E-state index contributed by atoms with van der Waals surface area (Å²) in [5.74, 6) is 0.519. The number of nitrogens with one attached hydrogen (secondary N) is 1. The number of aromatic amines is 1. The summed E-state index contributed by atoms with van der Waals surface area (Å²) in [5, 5.41) is 13.8. The number of tetrazole rings is 1. The van der Waals surface area contributed by atoms with Gasteiger partial charge >= 0.3 is 0 Å². The number of hydrogen-bond acceptors (Lipinski definition) is 5. The van der Waals surface area contributed by atoms with Crippen molar-refractivity contribution in [2.24, 2.45) is 0 Å². The summed E-state index contributed by atoms with van der Waals surface area (Å²) in [6.07, 6.45) is 4.76. The Morgan fingerprint density at radius 2 is 2.53 bits per heavy atom. The van der Waals surface area contributed by atoms with Gasteiger partial charge in [0.15, 0.2) is 5.82 Å². The molecule has 88 valence electrons. The highest BCUT2D eigenvalue weighted by atomic mass is 16.3. The number of likely N-dealkylation sites (tertiary alicyclic amines) is 1. The average Bonchev–Trinajstić information content (AvgIpc) is 3.09. The zero-order valence-corrected chi connectivity index (χ0v) is 9.04. The Morgan fingerprint density at radius 3 is 3.24 bits per heavy atom. The van der Waals surface area contributed by atoms with E-state index in [2.05, 4.69) is 20.6 Å². The molecule has 0 spiro atoms. The number of nitrogens with zero attached hydrogens (tertiary/aromatic N) is 4. The van der Waals surface area contributed by atoms with E-state index in [1.165, 1.54) is 12.5 Å². The summed E-state index contributed by atoms with van der Waals surface area (Å²) >= 11 is 0. The molecule has 1 amide bonds. The SMILES string of the molecule is O=C(c1ccoc1)N1CCCC1c1nn[nH]n1. The monoisotopic (exact) mass is 233 g/mol. The van der Waals surface area contributed by atoms with Crippen LogP contribution in [0, 0.1) is 0 Å². The van der Waals surface area contributed by atoms with Gasteiger partial charge in [-0.3, -0.25) is 4.79 Å². The largest absolute Gasteiger partial charge is 0.472 e. The van der Waals surface area contributed by atoms with Gasteiger partial charge in [0.05, 0.1) is 17.9 Å². The first-order valence-corrected chi connectivity index (χ1v) is 5.43. The van der Waals surface area contributed by atoms with Crippen LogP contribution < -0.4 is 0 Å². The molecule has 0 saturated carbocycles. The molecule has 1 saturated heterocycles. The third-order valence-corrected chi connectivity index (χ3v) is 2.94. The third kappa shape index (κ3) is 1.69. The number of amides is 1. The molecule has 17 heavy (non-hydrogen) atoms. The molecule has 1 aliphatic rings. The predicted octanol–water partition coefficient (Wildman–Crippen LogP) is 0.770. The average molecular weight is 233 g/mol. The molecule has 1 fully saturated rings. The number of H-pyrrole nitrogens is 1. The van der Waals surface area contributed by atoms with Crippen LogP contribution in [-0.4, -0.2) is 38.0 Å². The van der Waals surface area contributed by atoms with E-state index in [9.17, 15) is 4.79 Å². The van der Waals surface area contributed by atoms with Crippen LogP contribution in [-0.2, 0) is 0 Å². The fourth-order valence-corrected chi connectivity index (χ4v) is 2.14. The van der Waals surface area contributed by atoms with Gasteiger partial charge in [0.25, 0.3) is 5.91 Å². The summed E-state index contributed by atoms with van der Waals surface area (Å²) in [6, 6.07) is 1.57. The summed E-state index contributed by atoms with van der Waals surface area (Å²) in [7, 11) is 0. The molecule has 1 N–H and O–H groups in total. The molecular formula is C10H11N5O2. The van der Waals surface area contributed by atoms with Gasteiger partial charge in [-0.2, -0.15) is 5.21 Å². The maximum atomic E-state index is 12.2. The van der Waals surface area contributed by atoms with E-state index in [-0.39, 0.29) is 11.9 Å². The van der Waals surface area contributed by atoms with Crippen LogP contribution in [0.3, 0.4) is 0 Å². The molecule has 0 aliphatic carbocycles. The van der Waals surface area contributed by atoms with Gasteiger partial charge in [0, 0.05) is 6.54 Å². The summed E-state index contributed by atoms with van der Waals surface area (Å²) in [4.78, 5) is 14.0. The number of hydrogen-bond donors (Lipinski definition) is 1. The minimum Gasteiger partial charge on any atom is -0.472 e. The highest BCUT2D eigenvalue weighted by molar-refractivity contribution is 5.94. The highest BCUT2D eigenvalue weighted by Crippen LogP contribution is 2.30. The maximum Gasteiger partial charge on any atom is 0.257 e. The number of rotatable bonds is 2. The number of carbonyl (C=O) groups is 1. The lowest BCUT2D eigenvalue weighted by Crippen LogP contribution is -2.30. The summed E-state index contributed by atoms with van der Waals surface area (Å²) in [6.45, 7) is 0.712. The minimum atomic E-state index is -0.0869. The van der Waals surface area contributed by atoms with Gasteiger partial charge in [0.1, 0.15) is 6.26 Å².